The summed E-state index contributed by atoms with van der Waals surface area (Å²) in [6.45, 7) is 8.28. The van der Waals surface area contributed by atoms with Crippen molar-refractivity contribution in [1.82, 2.24) is 10.2 Å². The van der Waals surface area contributed by atoms with Crippen molar-refractivity contribution in [3.63, 3.8) is 0 Å². The van der Waals surface area contributed by atoms with Crippen LogP contribution in [0.1, 0.15) is 40.0 Å². The smallest absolute Gasteiger partial charge is 0.223 e. The Kier molecular flexibility index (Phi) is 4.39. The van der Waals surface area contributed by atoms with E-state index in [1.807, 2.05) is 0 Å². The molecule has 0 aromatic heterocycles. The highest BCUT2D eigenvalue weighted by Crippen LogP contribution is 2.14. The van der Waals surface area contributed by atoms with Crippen molar-refractivity contribution < 1.29 is 4.79 Å². The zero-order chi connectivity index (χ0) is 10.6. The van der Waals surface area contributed by atoms with Gasteiger partial charge in [0.05, 0.1) is 0 Å². The van der Waals surface area contributed by atoms with Gasteiger partial charge in [0.25, 0.3) is 0 Å². The second-order valence-corrected chi connectivity index (χ2v) is 4.29. The highest BCUT2D eigenvalue weighted by atomic mass is 16.2. The predicted molar refractivity (Wildman–Crippen MR) is 58.2 cm³/mol. The fourth-order valence-corrected chi connectivity index (χ4v) is 2.13. The van der Waals surface area contributed by atoms with Gasteiger partial charge >= 0.3 is 0 Å². The molecule has 1 heterocycles. The maximum atomic E-state index is 11.9. The molecule has 1 N–H and O–H groups in total. The molecule has 1 amide bonds. The Morgan fingerprint density at radius 2 is 2.29 bits per heavy atom. The van der Waals surface area contributed by atoms with Gasteiger partial charge in [0.15, 0.2) is 0 Å². The Morgan fingerprint density at radius 3 is 2.71 bits per heavy atom. The lowest BCUT2D eigenvalue weighted by atomic mass is 10.1. The molecular weight excluding hydrogens is 176 g/mol. The number of rotatable bonds is 4. The van der Waals surface area contributed by atoms with E-state index in [1.165, 1.54) is 0 Å². The van der Waals surface area contributed by atoms with Crippen LogP contribution in [0.3, 0.4) is 0 Å². The van der Waals surface area contributed by atoms with Crippen LogP contribution in [0.5, 0.6) is 0 Å². The highest BCUT2D eigenvalue weighted by Gasteiger charge is 2.27. The van der Waals surface area contributed by atoms with Crippen LogP contribution >= 0.6 is 0 Å². The number of nitrogens with zero attached hydrogens (tertiary/aromatic N) is 1. The van der Waals surface area contributed by atoms with E-state index in [4.69, 9.17) is 0 Å². The summed E-state index contributed by atoms with van der Waals surface area (Å²) < 4.78 is 0. The summed E-state index contributed by atoms with van der Waals surface area (Å²) in [7, 11) is 0. The molecule has 1 atom stereocenters. The Labute approximate surface area is 86.9 Å². The molecule has 1 aliphatic heterocycles. The largest absolute Gasteiger partial charge is 0.336 e. The second-order valence-electron chi connectivity index (χ2n) is 4.29. The minimum atomic E-state index is 0.316. The molecule has 0 spiro atoms. The van der Waals surface area contributed by atoms with E-state index in [0.29, 0.717) is 24.4 Å². The van der Waals surface area contributed by atoms with Gasteiger partial charge in [-0.05, 0) is 33.2 Å². The summed E-state index contributed by atoms with van der Waals surface area (Å²) in [6.07, 6.45) is 2.74. The first-order valence-corrected chi connectivity index (χ1v) is 5.68. The predicted octanol–water partition coefficient (Wildman–Crippen LogP) is 1.39. The van der Waals surface area contributed by atoms with Crippen molar-refractivity contribution in [3.8, 4) is 0 Å². The van der Waals surface area contributed by atoms with Crippen LogP contribution in [0.15, 0.2) is 0 Å². The van der Waals surface area contributed by atoms with Crippen LogP contribution in [0.4, 0.5) is 0 Å². The van der Waals surface area contributed by atoms with E-state index >= 15 is 0 Å². The fraction of sp³-hybridized carbons (Fsp3) is 0.909. The maximum Gasteiger partial charge on any atom is 0.223 e. The molecule has 1 rings (SSSR count). The fourth-order valence-electron chi connectivity index (χ4n) is 2.13. The van der Waals surface area contributed by atoms with Crippen LogP contribution in [0.25, 0.3) is 0 Å². The highest BCUT2D eigenvalue weighted by molar-refractivity contribution is 5.76. The van der Waals surface area contributed by atoms with Crippen molar-refractivity contribution >= 4 is 5.91 Å². The number of carbonyl (C=O) groups excluding carboxylic acids is 1. The molecular formula is C11H22N2O. The van der Waals surface area contributed by atoms with Crippen LogP contribution in [0.2, 0.25) is 0 Å². The third-order valence-corrected chi connectivity index (χ3v) is 2.74. The van der Waals surface area contributed by atoms with Gasteiger partial charge in [0, 0.05) is 25.0 Å². The first-order valence-electron chi connectivity index (χ1n) is 5.68. The Balaban J connectivity index is 2.57. The minimum Gasteiger partial charge on any atom is -0.336 e. The molecule has 1 fully saturated rings. The summed E-state index contributed by atoms with van der Waals surface area (Å²) >= 11 is 0. The molecule has 3 heteroatoms. The molecule has 1 saturated heterocycles. The van der Waals surface area contributed by atoms with Gasteiger partial charge in [-0.15, -0.1) is 0 Å². The summed E-state index contributed by atoms with van der Waals surface area (Å²) in [5.74, 6) is 0.316. The van der Waals surface area contributed by atoms with Crippen molar-refractivity contribution in [1.29, 1.82) is 0 Å². The number of nitrogens with one attached hydrogen (secondary N) is 1. The molecule has 0 aromatic rings. The van der Waals surface area contributed by atoms with Gasteiger partial charge in [0.2, 0.25) is 5.91 Å². The van der Waals surface area contributed by atoms with Crippen LogP contribution in [0, 0.1) is 0 Å². The average molecular weight is 198 g/mol. The van der Waals surface area contributed by atoms with E-state index in [1.54, 1.807) is 0 Å². The van der Waals surface area contributed by atoms with Crippen LogP contribution < -0.4 is 5.32 Å². The standard InChI is InChI=1S/C11H22N2O/c1-4-5-11(14)13(9(2)3)10-6-7-12-8-10/h9-10,12H,4-8H2,1-3H3. The average Bonchev–Trinajstić information content (AvgIpc) is 2.57. The molecule has 0 saturated carbocycles. The summed E-state index contributed by atoms with van der Waals surface area (Å²) in [4.78, 5) is 13.9. The topological polar surface area (TPSA) is 32.3 Å². The molecule has 1 aliphatic rings. The molecule has 3 nitrogen and oxygen atoms in total. The lowest BCUT2D eigenvalue weighted by molar-refractivity contribution is -0.135. The Bertz CT molecular complexity index is 186. The van der Waals surface area contributed by atoms with Gasteiger partial charge in [-0.25, -0.2) is 0 Å². The molecule has 0 aromatic carbocycles. The number of carbonyl (C=O) groups is 1. The van der Waals surface area contributed by atoms with Crippen molar-refractivity contribution in [2.24, 2.45) is 0 Å². The van der Waals surface area contributed by atoms with Gasteiger partial charge in [-0.1, -0.05) is 6.92 Å². The van der Waals surface area contributed by atoms with Gasteiger partial charge < -0.3 is 10.2 Å². The normalized spacial score (nSPS) is 21.6. The zero-order valence-electron chi connectivity index (χ0n) is 9.55. The Morgan fingerprint density at radius 1 is 1.57 bits per heavy atom. The third-order valence-electron chi connectivity index (χ3n) is 2.74. The first-order chi connectivity index (χ1) is 6.66. The van der Waals surface area contributed by atoms with Crippen molar-refractivity contribution in [2.75, 3.05) is 13.1 Å². The van der Waals surface area contributed by atoms with E-state index in [-0.39, 0.29) is 0 Å². The summed E-state index contributed by atoms with van der Waals surface area (Å²) in [5.41, 5.74) is 0. The molecule has 1 unspecified atom stereocenters. The Hall–Kier alpha value is -0.570. The first kappa shape index (κ1) is 11.5. The lowest BCUT2D eigenvalue weighted by Gasteiger charge is -2.32. The van der Waals surface area contributed by atoms with Gasteiger partial charge in [-0.3, -0.25) is 4.79 Å². The quantitative estimate of drug-likeness (QED) is 0.740. The molecule has 82 valence electrons. The molecule has 0 aliphatic carbocycles. The summed E-state index contributed by atoms with van der Waals surface area (Å²) in [5, 5.41) is 3.31. The second kappa shape index (κ2) is 5.35. The van der Waals surface area contributed by atoms with Gasteiger partial charge in [0.1, 0.15) is 0 Å². The number of hydrogen-bond donors (Lipinski definition) is 1. The maximum absolute atomic E-state index is 11.9. The van der Waals surface area contributed by atoms with Crippen LogP contribution in [-0.2, 0) is 4.79 Å². The number of amides is 1. The monoisotopic (exact) mass is 198 g/mol. The molecule has 0 bridgehead atoms. The van der Waals surface area contributed by atoms with Crippen LogP contribution in [-0.4, -0.2) is 36.0 Å². The van der Waals surface area contributed by atoms with E-state index < -0.39 is 0 Å². The third kappa shape index (κ3) is 2.71. The van der Waals surface area contributed by atoms with E-state index in [9.17, 15) is 4.79 Å². The SMILES string of the molecule is CCCC(=O)N(C(C)C)C1CCNC1. The minimum absolute atomic E-state index is 0.316. The van der Waals surface area contributed by atoms with E-state index in [2.05, 4.69) is 31.0 Å². The zero-order valence-corrected chi connectivity index (χ0v) is 9.55. The summed E-state index contributed by atoms with van der Waals surface area (Å²) in [6, 6.07) is 0.757. The van der Waals surface area contributed by atoms with Crippen molar-refractivity contribution in [2.45, 2.75) is 52.1 Å². The van der Waals surface area contributed by atoms with E-state index in [0.717, 1.165) is 25.9 Å². The molecule has 14 heavy (non-hydrogen) atoms. The van der Waals surface area contributed by atoms with Gasteiger partial charge in [-0.2, -0.15) is 0 Å². The lowest BCUT2D eigenvalue weighted by Crippen LogP contribution is -2.45. The molecule has 0 radical (unpaired) electrons. The van der Waals surface area contributed by atoms with Crippen molar-refractivity contribution in [3.05, 3.63) is 0 Å². The number of hydrogen-bond acceptors (Lipinski definition) is 2.